The van der Waals surface area contributed by atoms with Gasteiger partial charge in [-0.15, -0.1) is 11.8 Å². The molecule has 3 heterocycles. The molecule has 7 heteroatoms. The maximum Gasteiger partial charge on any atom is 0.258 e. The molecule has 1 aliphatic rings. The second kappa shape index (κ2) is 8.69. The number of nitrogens with one attached hydrogen (secondary N) is 1. The first-order valence-electron chi connectivity index (χ1n) is 9.78. The molecule has 29 heavy (non-hydrogen) atoms. The minimum Gasteiger partial charge on any atom is -0.370 e. The molecule has 3 aromatic rings. The second-order valence-electron chi connectivity index (χ2n) is 7.11. The van der Waals surface area contributed by atoms with Crippen LogP contribution in [0, 0.1) is 13.8 Å². The third-order valence-corrected chi connectivity index (χ3v) is 6.18. The minimum absolute atomic E-state index is 0.147. The third-order valence-electron chi connectivity index (χ3n) is 5.15. The Morgan fingerprint density at radius 1 is 1.17 bits per heavy atom. The smallest absolute Gasteiger partial charge is 0.258 e. The van der Waals surface area contributed by atoms with Crippen molar-refractivity contribution in [2.75, 3.05) is 23.3 Å². The lowest BCUT2D eigenvalue weighted by atomic mass is 10.2. The number of aromatic nitrogens is 2. The Balaban J connectivity index is 1.53. The number of para-hydroxylation sites is 2. The van der Waals surface area contributed by atoms with E-state index in [-0.39, 0.29) is 5.91 Å². The highest BCUT2D eigenvalue weighted by Crippen LogP contribution is 2.31. The topological polar surface area (TPSA) is 71.3 Å². The van der Waals surface area contributed by atoms with Crippen LogP contribution in [0.5, 0.6) is 0 Å². The first-order chi connectivity index (χ1) is 14.1. The monoisotopic (exact) mass is 408 g/mol. The van der Waals surface area contributed by atoms with Gasteiger partial charge < -0.3 is 14.7 Å². The molecular formula is C22H24N4O2S. The van der Waals surface area contributed by atoms with Crippen LogP contribution in [0.3, 0.4) is 0 Å². The molecule has 150 valence electrons. The number of nitrogens with zero attached hydrogens (tertiary/aromatic N) is 3. The third kappa shape index (κ3) is 4.29. The molecule has 0 unspecified atom stereocenters. The molecule has 6 nitrogen and oxygen atoms in total. The zero-order valence-electron chi connectivity index (χ0n) is 16.6. The first-order valence-corrected chi connectivity index (χ1v) is 10.8. The van der Waals surface area contributed by atoms with E-state index >= 15 is 0 Å². The van der Waals surface area contributed by atoms with Gasteiger partial charge in [0.15, 0.2) is 0 Å². The predicted molar refractivity (Wildman–Crippen MR) is 116 cm³/mol. The Kier molecular flexibility index (Phi) is 5.85. The summed E-state index contributed by atoms with van der Waals surface area (Å²) in [6.07, 6.45) is 4.09. The van der Waals surface area contributed by atoms with Gasteiger partial charge >= 0.3 is 0 Å². The fourth-order valence-electron chi connectivity index (χ4n) is 3.53. The number of carbonyl (C=O) groups excluding carboxylic acids is 1. The number of amides is 1. The van der Waals surface area contributed by atoms with Crippen LogP contribution in [-0.4, -0.2) is 29.1 Å². The van der Waals surface area contributed by atoms with Crippen molar-refractivity contribution in [3.63, 3.8) is 0 Å². The molecule has 4 rings (SSSR count). The number of hydrogen-bond donors (Lipinski definition) is 1. The van der Waals surface area contributed by atoms with Gasteiger partial charge in [0.1, 0.15) is 10.8 Å². The van der Waals surface area contributed by atoms with Gasteiger partial charge in [0.2, 0.25) is 0 Å². The molecule has 1 amide bonds. The molecule has 1 aliphatic heterocycles. The molecule has 1 saturated heterocycles. The van der Waals surface area contributed by atoms with Crippen LogP contribution in [0.15, 0.2) is 52.1 Å². The van der Waals surface area contributed by atoms with Crippen molar-refractivity contribution in [2.45, 2.75) is 37.5 Å². The Morgan fingerprint density at radius 3 is 2.72 bits per heavy atom. The van der Waals surface area contributed by atoms with Crippen LogP contribution in [0.25, 0.3) is 0 Å². The molecule has 0 atom stereocenters. The van der Waals surface area contributed by atoms with Gasteiger partial charge in [0.25, 0.3) is 5.91 Å². The number of aryl methyl sites for hydroxylation is 2. The van der Waals surface area contributed by atoms with Crippen LogP contribution >= 0.6 is 11.8 Å². The highest BCUT2D eigenvalue weighted by molar-refractivity contribution is 7.98. The van der Waals surface area contributed by atoms with E-state index in [9.17, 15) is 4.79 Å². The zero-order valence-corrected chi connectivity index (χ0v) is 17.5. The predicted octanol–water partition coefficient (Wildman–Crippen LogP) is 4.83. The quantitative estimate of drug-likeness (QED) is 0.589. The fraction of sp³-hybridized carbons (Fsp3) is 0.318. The number of anilines is 2. The largest absolute Gasteiger partial charge is 0.370 e. The average Bonchev–Trinajstić information content (AvgIpc) is 3.38. The molecule has 0 bridgehead atoms. The summed E-state index contributed by atoms with van der Waals surface area (Å²) >= 11 is 1.52. The number of hydrogen-bond acceptors (Lipinski definition) is 6. The van der Waals surface area contributed by atoms with Crippen LogP contribution in [0.1, 0.15) is 40.2 Å². The van der Waals surface area contributed by atoms with E-state index in [2.05, 4.69) is 26.4 Å². The highest BCUT2D eigenvalue weighted by Gasteiger charge is 2.19. The lowest BCUT2D eigenvalue weighted by molar-refractivity contribution is 0.102. The molecule has 0 aliphatic carbocycles. The van der Waals surface area contributed by atoms with Gasteiger partial charge in [-0.2, -0.15) is 0 Å². The number of benzene rings is 1. The van der Waals surface area contributed by atoms with E-state index in [0.717, 1.165) is 41.5 Å². The summed E-state index contributed by atoms with van der Waals surface area (Å²) in [6.45, 7) is 5.88. The zero-order chi connectivity index (χ0) is 20.2. The number of carbonyl (C=O) groups is 1. The molecular weight excluding hydrogens is 384 g/mol. The summed E-state index contributed by atoms with van der Waals surface area (Å²) in [6, 6.07) is 11.6. The SMILES string of the molecule is Cc1noc(C)c1CSc1ncccc1C(=O)Nc1ccccc1N1CCCC1. The number of thioether (sulfide) groups is 1. The lowest BCUT2D eigenvalue weighted by Crippen LogP contribution is -2.21. The standard InChI is InChI=1S/C22H24N4O2S/c1-15-18(16(2)28-25-15)14-29-22-17(8-7-11-23-22)21(27)24-19-9-3-4-10-20(19)26-12-5-6-13-26/h3-4,7-11H,5-6,12-14H2,1-2H3,(H,24,27). The van der Waals surface area contributed by atoms with Gasteiger partial charge in [-0.25, -0.2) is 4.98 Å². The fourth-order valence-corrected chi connectivity index (χ4v) is 4.67. The van der Waals surface area contributed by atoms with Gasteiger partial charge in [-0.3, -0.25) is 4.79 Å². The van der Waals surface area contributed by atoms with Crippen molar-refractivity contribution in [2.24, 2.45) is 0 Å². The van der Waals surface area contributed by atoms with Crippen LogP contribution in [0.4, 0.5) is 11.4 Å². The average molecular weight is 409 g/mol. The van der Waals surface area contributed by atoms with E-state index in [4.69, 9.17) is 4.52 Å². The Labute approximate surface area is 174 Å². The molecule has 0 radical (unpaired) electrons. The van der Waals surface area contributed by atoms with Crippen LogP contribution in [-0.2, 0) is 5.75 Å². The number of pyridine rings is 1. The summed E-state index contributed by atoms with van der Waals surface area (Å²) in [5.74, 6) is 1.31. The molecule has 0 spiro atoms. The van der Waals surface area contributed by atoms with E-state index < -0.39 is 0 Å². The van der Waals surface area contributed by atoms with Crippen molar-refractivity contribution in [3.8, 4) is 0 Å². The molecule has 2 aromatic heterocycles. The van der Waals surface area contributed by atoms with Crippen molar-refractivity contribution in [3.05, 3.63) is 65.2 Å². The number of rotatable bonds is 6. The van der Waals surface area contributed by atoms with Gasteiger partial charge in [0.05, 0.1) is 22.6 Å². The molecule has 0 saturated carbocycles. The Bertz CT molecular complexity index is 992. The molecule has 1 aromatic carbocycles. The van der Waals surface area contributed by atoms with Crippen LogP contribution in [0.2, 0.25) is 0 Å². The van der Waals surface area contributed by atoms with Gasteiger partial charge in [0, 0.05) is 30.6 Å². The summed E-state index contributed by atoms with van der Waals surface area (Å²) < 4.78 is 5.23. The Morgan fingerprint density at radius 2 is 1.97 bits per heavy atom. The first kappa shape index (κ1) is 19.5. The summed E-state index contributed by atoms with van der Waals surface area (Å²) in [4.78, 5) is 19.8. The summed E-state index contributed by atoms with van der Waals surface area (Å²) in [5.41, 5.74) is 4.40. The maximum absolute atomic E-state index is 13.1. The highest BCUT2D eigenvalue weighted by atomic mass is 32.2. The van der Waals surface area contributed by atoms with Gasteiger partial charge in [-0.1, -0.05) is 17.3 Å². The minimum atomic E-state index is -0.147. The Hall–Kier alpha value is -2.80. The molecule has 1 fully saturated rings. The van der Waals surface area contributed by atoms with Crippen molar-refractivity contribution in [1.29, 1.82) is 0 Å². The van der Waals surface area contributed by atoms with Gasteiger partial charge in [-0.05, 0) is 51.0 Å². The lowest BCUT2D eigenvalue weighted by Gasteiger charge is -2.21. The van der Waals surface area contributed by atoms with Crippen molar-refractivity contribution in [1.82, 2.24) is 10.1 Å². The van der Waals surface area contributed by atoms with Crippen LogP contribution < -0.4 is 10.2 Å². The summed E-state index contributed by atoms with van der Waals surface area (Å²) in [5, 5.41) is 7.79. The van der Waals surface area contributed by atoms with E-state index in [1.807, 2.05) is 38.1 Å². The van der Waals surface area contributed by atoms with E-state index in [0.29, 0.717) is 16.3 Å². The van der Waals surface area contributed by atoms with E-state index in [1.54, 1.807) is 12.3 Å². The maximum atomic E-state index is 13.1. The normalized spacial score (nSPS) is 13.7. The van der Waals surface area contributed by atoms with Crippen molar-refractivity contribution >= 4 is 29.0 Å². The van der Waals surface area contributed by atoms with E-state index in [1.165, 1.54) is 24.6 Å². The second-order valence-corrected chi connectivity index (χ2v) is 8.08. The van der Waals surface area contributed by atoms with Crippen molar-refractivity contribution < 1.29 is 9.32 Å². The molecule has 1 N–H and O–H groups in total. The summed E-state index contributed by atoms with van der Waals surface area (Å²) in [7, 11) is 0.